The maximum absolute atomic E-state index is 13.7. The number of aromatic nitrogens is 2. The van der Waals surface area contributed by atoms with Gasteiger partial charge in [0.15, 0.2) is 6.61 Å². The predicted octanol–water partition coefficient (Wildman–Crippen LogP) is 4.86. The van der Waals surface area contributed by atoms with E-state index in [4.69, 9.17) is 27.9 Å². The van der Waals surface area contributed by atoms with Crippen molar-refractivity contribution in [2.75, 3.05) is 6.61 Å². The molecule has 0 saturated carbocycles. The zero-order valence-electron chi connectivity index (χ0n) is 15.1. The van der Waals surface area contributed by atoms with Gasteiger partial charge in [0.05, 0.1) is 17.8 Å². The van der Waals surface area contributed by atoms with Crippen molar-refractivity contribution in [1.29, 1.82) is 0 Å². The summed E-state index contributed by atoms with van der Waals surface area (Å²) in [6, 6.07) is 9.61. The number of carbonyl (C=O) groups is 2. The molecule has 0 unspecified atom stereocenters. The second-order valence-electron chi connectivity index (χ2n) is 6.12. The van der Waals surface area contributed by atoms with E-state index >= 15 is 0 Å². The van der Waals surface area contributed by atoms with Gasteiger partial charge < -0.3 is 4.74 Å². The van der Waals surface area contributed by atoms with Crippen LogP contribution >= 0.6 is 23.2 Å². The van der Waals surface area contributed by atoms with Gasteiger partial charge in [0.2, 0.25) is 5.78 Å². The van der Waals surface area contributed by atoms with E-state index in [-0.39, 0.29) is 22.8 Å². The van der Waals surface area contributed by atoms with E-state index < -0.39 is 30.0 Å². The Kier molecular flexibility index (Phi) is 6.30. The van der Waals surface area contributed by atoms with E-state index in [2.05, 4.69) is 5.10 Å². The first kappa shape index (κ1) is 21.0. The first-order valence-corrected chi connectivity index (χ1v) is 9.15. The monoisotopic (exact) mass is 438 g/mol. The highest BCUT2D eigenvalue weighted by atomic mass is 35.5. The molecule has 9 heteroatoms. The molecule has 0 N–H and O–H groups in total. The highest BCUT2D eigenvalue weighted by molar-refractivity contribution is 6.33. The van der Waals surface area contributed by atoms with Gasteiger partial charge in [-0.15, -0.1) is 0 Å². The van der Waals surface area contributed by atoms with Crippen molar-refractivity contribution < 1.29 is 23.1 Å². The summed E-state index contributed by atoms with van der Waals surface area (Å²) >= 11 is 12.4. The molecule has 5 nitrogen and oxygen atoms in total. The van der Waals surface area contributed by atoms with Gasteiger partial charge in [0, 0.05) is 11.1 Å². The highest BCUT2D eigenvalue weighted by Crippen LogP contribution is 2.24. The smallest absolute Gasteiger partial charge is 0.343 e. The Morgan fingerprint density at radius 1 is 1.14 bits per heavy atom. The van der Waals surface area contributed by atoms with Crippen LogP contribution in [0.3, 0.4) is 0 Å². The zero-order chi connectivity index (χ0) is 21.1. The third-order valence-electron chi connectivity index (χ3n) is 4.11. The SMILES string of the molecule is Cc1nn(Cc2ccccc2Cl)c(Cl)c1C(=O)OCC(=O)c1ccc(F)cc1F. The minimum atomic E-state index is -1.03. The number of aryl methyl sites for hydroxylation is 1. The van der Waals surface area contributed by atoms with Crippen molar-refractivity contribution in [3.05, 3.63) is 86.7 Å². The quantitative estimate of drug-likeness (QED) is 0.407. The molecule has 150 valence electrons. The van der Waals surface area contributed by atoms with Gasteiger partial charge >= 0.3 is 5.97 Å². The van der Waals surface area contributed by atoms with Gasteiger partial charge in [-0.25, -0.2) is 18.3 Å². The third-order valence-corrected chi connectivity index (χ3v) is 4.87. The van der Waals surface area contributed by atoms with Crippen LogP contribution in [0.5, 0.6) is 0 Å². The molecule has 0 amide bonds. The second kappa shape index (κ2) is 8.71. The Morgan fingerprint density at radius 3 is 2.55 bits per heavy atom. The van der Waals surface area contributed by atoms with Crippen LogP contribution in [0.25, 0.3) is 0 Å². The first-order chi connectivity index (χ1) is 13.8. The molecule has 1 heterocycles. The summed E-state index contributed by atoms with van der Waals surface area (Å²) in [7, 11) is 0. The van der Waals surface area contributed by atoms with Crippen LogP contribution in [0, 0.1) is 18.6 Å². The minimum Gasteiger partial charge on any atom is -0.454 e. The number of halogens is 4. The molecule has 0 atom stereocenters. The number of nitrogens with zero attached hydrogens (tertiary/aromatic N) is 2. The fraction of sp³-hybridized carbons (Fsp3) is 0.150. The average Bonchev–Trinajstić information content (AvgIpc) is 2.94. The summed E-state index contributed by atoms with van der Waals surface area (Å²) in [5, 5.41) is 4.76. The van der Waals surface area contributed by atoms with E-state index in [1.54, 1.807) is 31.2 Å². The molecule has 3 aromatic rings. The Labute approximate surface area is 174 Å². The standard InChI is InChI=1S/C20H14Cl2F2N2O3/c1-11-18(19(22)26(25-11)9-12-4-2-3-5-15(12)21)20(28)29-10-17(27)14-7-6-13(23)8-16(14)24/h2-8H,9-10H2,1H3. The van der Waals surface area contributed by atoms with Crippen molar-refractivity contribution in [2.24, 2.45) is 0 Å². The molecule has 2 aromatic carbocycles. The van der Waals surface area contributed by atoms with Crippen molar-refractivity contribution in [1.82, 2.24) is 9.78 Å². The van der Waals surface area contributed by atoms with Gasteiger partial charge in [0.25, 0.3) is 0 Å². The number of esters is 1. The lowest BCUT2D eigenvalue weighted by Gasteiger charge is -2.07. The van der Waals surface area contributed by atoms with Crippen molar-refractivity contribution in [3.8, 4) is 0 Å². The highest BCUT2D eigenvalue weighted by Gasteiger charge is 2.23. The molecule has 0 fully saturated rings. The number of hydrogen-bond donors (Lipinski definition) is 0. The molecule has 0 saturated heterocycles. The molecule has 3 rings (SSSR count). The molecule has 0 aliphatic carbocycles. The third kappa shape index (κ3) is 4.63. The van der Waals surface area contributed by atoms with Crippen LogP contribution in [0.4, 0.5) is 8.78 Å². The van der Waals surface area contributed by atoms with Crippen LogP contribution in [-0.2, 0) is 11.3 Å². The summed E-state index contributed by atoms with van der Waals surface area (Å²) in [5.74, 6) is -3.54. The Morgan fingerprint density at radius 2 is 1.86 bits per heavy atom. The van der Waals surface area contributed by atoms with E-state index in [0.29, 0.717) is 16.8 Å². The molecule has 0 aliphatic heterocycles. The number of rotatable bonds is 6. The van der Waals surface area contributed by atoms with Gasteiger partial charge in [-0.3, -0.25) is 4.79 Å². The minimum absolute atomic E-state index is 0.00824. The molecule has 0 radical (unpaired) electrons. The van der Waals surface area contributed by atoms with Crippen LogP contribution in [-0.4, -0.2) is 28.1 Å². The Hall–Kier alpha value is -2.77. The number of hydrogen-bond acceptors (Lipinski definition) is 4. The normalized spacial score (nSPS) is 10.8. The van der Waals surface area contributed by atoms with E-state index in [9.17, 15) is 18.4 Å². The predicted molar refractivity (Wildman–Crippen MR) is 103 cm³/mol. The zero-order valence-corrected chi connectivity index (χ0v) is 16.6. The Balaban J connectivity index is 1.73. The number of ether oxygens (including phenoxy) is 1. The van der Waals surface area contributed by atoms with Crippen molar-refractivity contribution >= 4 is 35.0 Å². The van der Waals surface area contributed by atoms with Gasteiger partial charge in [-0.2, -0.15) is 5.10 Å². The van der Waals surface area contributed by atoms with E-state index in [1.165, 1.54) is 4.68 Å². The summed E-state index contributed by atoms with van der Waals surface area (Å²) in [5.41, 5.74) is 0.662. The van der Waals surface area contributed by atoms with Crippen molar-refractivity contribution in [3.63, 3.8) is 0 Å². The maximum Gasteiger partial charge on any atom is 0.343 e. The molecule has 0 aliphatic rings. The lowest BCUT2D eigenvalue weighted by molar-refractivity contribution is 0.0473. The molecule has 1 aromatic heterocycles. The first-order valence-electron chi connectivity index (χ1n) is 8.39. The fourth-order valence-corrected chi connectivity index (χ4v) is 3.18. The molecule has 0 bridgehead atoms. The van der Waals surface area contributed by atoms with Crippen LogP contribution < -0.4 is 0 Å². The van der Waals surface area contributed by atoms with Crippen molar-refractivity contribution in [2.45, 2.75) is 13.5 Å². The van der Waals surface area contributed by atoms with Gasteiger partial charge in [0.1, 0.15) is 22.4 Å². The van der Waals surface area contributed by atoms with Crippen LogP contribution in [0.1, 0.15) is 32.0 Å². The molecular weight excluding hydrogens is 425 g/mol. The molecule has 29 heavy (non-hydrogen) atoms. The number of Topliss-reactive ketones (excluding diaryl/α,β-unsaturated/α-hetero) is 1. The largest absolute Gasteiger partial charge is 0.454 e. The van der Waals surface area contributed by atoms with Crippen LogP contribution in [0.15, 0.2) is 42.5 Å². The lowest BCUT2D eigenvalue weighted by Crippen LogP contribution is -2.16. The molecule has 0 spiro atoms. The number of benzene rings is 2. The number of ketones is 1. The summed E-state index contributed by atoms with van der Waals surface area (Å²) < 4.78 is 33.0. The average molecular weight is 439 g/mol. The maximum atomic E-state index is 13.7. The fourth-order valence-electron chi connectivity index (χ4n) is 2.67. The summed E-state index contributed by atoms with van der Waals surface area (Å²) in [6.45, 7) is 1.06. The lowest BCUT2D eigenvalue weighted by atomic mass is 10.1. The van der Waals surface area contributed by atoms with Gasteiger partial charge in [-0.05, 0) is 30.7 Å². The summed E-state index contributed by atoms with van der Waals surface area (Å²) in [4.78, 5) is 24.5. The molecular formula is C20H14Cl2F2N2O3. The van der Waals surface area contributed by atoms with Crippen LogP contribution in [0.2, 0.25) is 10.2 Å². The topological polar surface area (TPSA) is 61.2 Å². The number of carbonyl (C=O) groups excluding carboxylic acids is 2. The second-order valence-corrected chi connectivity index (χ2v) is 6.89. The van der Waals surface area contributed by atoms with E-state index in [0.717, 1.165) is 17.7 Å². The van der Waals surface area contributed by atoms with Gasteiger partial charge in [-0.1, -0.05) is 41.4 Å². The summed E-state index contributed by atoms with van der Waals surface area (Å²) in [6.07, 6.45) is 0. The van der Waals surface area contributed by atoms with E-state index in [1.807, 2.05) is 0 Å². The Bertz CT molecular complexity index is 1100.